The van der Waals surface area contributed by atoms with Gasteiger partial charge in [0.2, 0.25) is 10.0 Å². The number of pyridine rings is 1. The van der Waals surface area contributed by atoms with Gasteiger partial charge in [0.1, 0.15) is 10.0 Å². The Balaban J connectivity index is 2.19. The van der Waals surface area contributed by atoms with Crippen molar-refractivity contribution < 1.29 is 8.42 Å². The van der Waals surface area contributed by atoms with E-state index >= 15 is 0 Å². The smallest absolute Gasteiger partial charge is 0.243 e. The van der Waals surface area contributed by atoms with Gasteiger partial charge < -0.3 is 0 Å². The van der Waals surface area contributed by atoms with Crippen LogP contribution < -0.4 is 4.72 Å². The molecule has 0 aromatic carbocycles. The van der Waals surface area contributed by atoms with Crippen molar-refractivity contribution in [2.45, 2.75) is 43.5 Å². The van der Waals surface area contributed by atoms with E-state index in [1.807, 2.05) is 0 Å². The number of aromatic nitrogens is 1. The van der Waals surface area contributed by atoms with Crippen molar-refractivity contribution in [2.75, 3.05) is 0 Å². The van der Waals surface area contributed by atoms with E-state index < -0.39 is 10.0 Å². The Bertz CT molecular complexity index is 519. The van der Waals surface area contributed by atoms with Gasteiger partial charge in [0.15, 0.2) is 0 Å². The Morgan fingerprint density at radius 3 is 2.78 bits per heavy atom. The minimum Gasteiger partial charge on any atom is -0.243 e. The van der Waals surface area contributed by atoms with Crippen LogP contribution in [0, 0.1) is 5.92 Å². The van der Waals surface area contributed by atoms with Gasteiger partial charge in [-0.2, -0.15) is 0 Å². The molecule has 1 aromatic rings. The number of halogens is 1. The first-order valence-corrected chi connectivity index (χ1v) is 7.99. The second-order valence-corrected chi connectivity index (χ2v) is 6.82. The van der Waals surface area contributed by atoms with E-state index in [0.29, 0.717) is 5.92 Å². The number of hydrogen-bond acceptors (Lipinski definition) is 3. The summed E-state index contributed by atoms with van der Waals surface area (Å²) in [4.78, 5) is 3.86. The molecule has 2 rings (SSSR count). The van der Waals surface area contributed by atoms with Crippen molar-refractivity contribution in [1.82, 2.24) is 9.71 Å². The molecule has 6 heteroatoms. The quantitative estimate of drug-likeness (QED) is 0.870. The minimum absolute atomic E-state index is 0.0000211. The lowest BCUT2D eigenvalue weighted by molar-refractivity contribution is 0.310. The zero-order valence-corrected chi connectivity index (χ0v) is 11.8. The fourth-order valence-electron chi connectivity index (χ4n) is 2.33. The van der Waals surface area contributed by atoms with Crippen molar-refractivity contribution in [1.29, 1.82) is 0 Å². The van der Waals surface area contributed by atoms with Gasteiger partial charge in [-0.3, -0.25) is 0 Å². The van der Waals surface area contributed by atoms with Crippen LogP contribution in [0.15, 0.2) is 23.2 Å². The molecule has 0 bridgehead atoms. The first-order valence-electron chi connectivity index (χ1n) is 6.13. The predicted molar refractivity (Wildman–Crippen MR) is 71.0 cm³/mol. The molecule has 18 heavy (non-hydrogen) atoms. The molecule has 1 saturated carbocycles. The highest BCUT2D eigenvalue weighted by Gasteiger charge is 2.28. The van der Waals surface area contributed by atoms with E-state index in [1.165, 1.54) is 18.7 Å². The molecule has 1 N–H and O–H groups in total. The van der Waals surface area contributed by atoms with Gasteiger partial charge in [-0.05, 0) is 30.9 Å². The van der Waals surface area contributed by atoms with Crippen LogP contribution >= 0.6 is 11.6 Å². The lowest BCUT2D eigenvalue weighted by Gasteiger charge is -2.29. The highest BCUT2D eigenvalue weighted by Crippen LogP contribution is 2.26. The van der Waals surface area contributed by atoms with E-state index in [0.717, 1.165) is 19.3 Å². The molecule has 1 aliphatic rings. The lowest BCUT2D eigenvalue weighted by Crippen LogP contribution is -2.41. The van der Waals surface area contributed by atoms with Crippen LogP contribution in [-0.2, 0) is 10.0 Å². The van der Waals surface area contributed by atoms with Crippen LogP contribution in [-0.4, -0.2) is 19.4 Å². The molecule has 1 aliphatic carbocycles. The summed E-state index contributed by atoms with van der Waals surface area (Å²) in [5, 5.41) is 0.0217. The number of sulfonamides is 1. The summed E-state index contributed by atoms with van der Waals surface area (Å²) in [6.45, 7) is 2.08. The number of rotatable bonds is 3. The molecule has 2 unspecified atom stereocenters. The van der Waals surface area contributed by atoms with E-state index in [4.69, 9.17) is 11.6 Å². The van der Waals surface area contributed by atoms with Crippen molar-refractivity contribution in [3.63, 3.8) is 0 Å². The number of hydrogen-bond donors (Lipinski definition) is 1. The third kappa shape index (κ3) is 3.02. The molecule has 1 aromatic heterocycles. The summed E-state index contributed by atoms with van der Waals surface area (Å²) in [7, 11) is -3.57. The third-order valence-electron chi connectivity index (χ3n) is 3.43. The molecule has 1 fully saturated rings. The fraction of sp³-hybridized carbons (Fsp3) is 0.583. The molecule has 0 aliphatic heterocycles. The summed E-state index contributed by atoms with van der Waals surface area (Å²) in [5.74, 6) is 0.365. The van der Waals surface area contributed by atoms with Crippen LogP contribution in [0.1, 0.15) is 32.6 Å². The molecule has 4 nitrogen and oxygen atoms in total. The van der Waals surface area contributed by atoms with Gasteiger partial charge in [-0.1, -0.05) is 31.4 Å². The molecule has 2 atom stereocenters. The Kier molecular flexibility index (Phi) is 4.25. The van der Waals surface area contributed by atoms with Crippen molar-refractivity contribution in [3.8, 4) is 0 Å². The molecular weight excluding hydrogens is 272 g/mol. The molecule has 0 saturated heterocycles. The van der Waals surface area contributed by atoms with Crippen molar-refractivity contribution >= 4 is 21.6 Å². The Morgan fingerprint density at radius 2 is 2.11 bits per heavy atom. The van der Waals surface area contributed by atoms with E-state index in [1.54, 1.807) is 6.07 Å². The van der Waals surface area contributed by atoms with Gasteiger partial charge in [0, 0.05) is 12.2 Å². The van der Waals surface area contributed by atoms with Gasteiger partial charge in [0.05, 0.1) is 0 Å². The van der Waals surface area contributed by atoms with E-state index in [9.17, 15) is 8.42 Å². The Labute approximate surface area is 113 Å². The van der Waals surface area contributed by atoms with Gasteiger partial charge in [-0.25, -0.2) is 18.1 Å². The highest BCUT2D eigenvalue weighted by atomic mass is 35.5. The van der Waals surface area contributed by atoms with Crippen molar-refractivity contribution in [2.24, 2.45) is 5.92 Å². The first-order chi connectivity index (χ1) is 8.50. The summed E-state index contributed by atoms with van der Waals surface area (Å²) in [5.41, 5.74) is 0. The maximum atomic E-state index is 12.2. The van der Waals surface area contributed by atoms with Crippen LogP contribution in [0.5, 0.6) is 0 Å². The van der Waals surface area contributed by atoms with Crippen molar-refractivity contribution in [3.05, 3.63) is 23.5 Å². The Hall–Kier alpha value is -0.650. The highest BCUT2D eigenvalue weighted by molar-refractivity contribution is 7.89. The SMILES string of the molecule is CC1CCCCC1NS(=O)(=O)c1cccnc1Cl. The molecule has 0 radical (unpaired) electrons. The van der Waals surface area contributed by atoms with E-state index in [-0.39, 0.29) is 16.1 Å². The molecule has 100 valence electrons. The van der Waals surface area contributed by atoms with Gasteiger partial charge in [0.25, 0.3) is 0 Å². The zero-order valence-electron chi connectivity index (χ0n) is 10.3. The molecule has 0 amide bonds. The monoisotopic (exact) mass is 288 g/mol. The molecule has 0 spiro atoms. The number of nitrogens with zero attached hydrogens (tertiary/aromatic N) is 1. The summed E-state index contributed by atoms with van der Waals surface area (Å²) < 4.78 is 27.2. The van der Waals surface area contributed by atoms with Gasteiger partial charge in [-0.15, -0.1) is 0 Å². The molecular formula is C12H17ClN2O2S. The third-order valence-corrected chi connectivity index (χ3v) is 5.37. The summed E-state index contributed by atoms with van der Waals surface area (Å²) in [6, 6.07) is 3.05. The standard InChI is InChI=1S/C12H17ClN2O2S/c1-9-5-2-3-6-10(9)15-18(16,17)11-7-4-8-14-12(11)13/h4,7-10,15H,2-3,5-6H2,1H3. The maximum Gasteiger partial charge on any atom is 0.243 e. The second kappa shape index (κ2) is 5.55. The van der Waals surface area contributed by atoms with Crippen LogP contribution in [0.3, 0.4) is 0 Å². The maximum absolute atomic E-state index is 12.2. The minimum atomic E-state index is -3.57. The topological polar surface area (TPSA) is 59.1 Å². The summed E-state index contributed by atoms with van der Waals surface area (Å²) in [6.07, 6.45) is 5.67. The Morgan fingerprint density at radius 1 is 1.39 bits per heavy atom. The largest absolute Gasteiger partial charge is 0.243 e. The summed E-state index contributed by atoms with van der Waals surface area (Å²) >= 11 is 5.83. The van der Waals surface area contributed by atoms with E-state index in [2.05, 4.69) is 16.6 Å². The predicted octanol–water partition coefficient (Wildman–Crippen LogP) is 2.59. The second-order valence-electron chi connectivity index (χ2n) is 4.78. The number of nitrogens with one attached hydrogen (secondary N) is 1. The van der Waals surface area contributed by atoms with Crippen LogP contribution in [0.4, 0.5) is 0 Å². The zero-order chi connectivity index (χ0) is 13.2. The van der Waals surface area contributed by atoms with Gasteiger partial charge >= 0.3 is 0 Å². The normalized spacial score (nSPS) is 25.0. The first kappa shape index (κ1) is 13.8. The average Bonchev–Trinajstić information content (AvgIpc) is 2.32. The van der Waals surface area contributed by atoms with Crippen LogP contribution in [0.25, 0.3) is 0 Å². The average molecular weight is 289 g/mol. The van der Waals surface area contributed by atoms with Crippen LogP contribution in [0.2, 0.25) is 5.15 Å². The molecule has 1 heterocycles. The fourth-order valence-corrected chi connectivity index (χ4v) is 4.16. The lowest BCUT2D eigenvalue weighted by atomic mass is 9.87.